The van der Waals surface area contributed by atoms with Gasteiger partial charge in [0.05, 0.1) is 19.4 Å². The van der Waals surface area contributed by atoms with Gasteiger partial charge in [-0.25, -0.2) is 27.7 Å². The predicted octanol–water partition coefficient (Wildman–Crippen LogP) is 3.77. The lowest BCUT2D eigenvalue weighted by Crippen LogP contribution is -2.43. The lowest BCUT2D eigenvalue weighted by Gasteiger charge is -2.38. The second-order valence-electron chi connectivity index (χ2n) is 9.57. The zero-order valence-electron chi connectivity index (χ0n) is 22.6. The van der Waals surface area contributed by atoms with Gasteiger partial charge in [0.1, 0.15) is 29.3 Å². The maximum absolute atomic E-state index is 14.4. The third-order valence-electron chi connectivity index (χ3n) is 6.91. The zero-order chi connectivity index (χ0) is 29.7. The van der Waals surface area contributed by atoms with Gasteiger partial charge in [-0.05, 0) is 43.7 Å². The fourth-order valence-corrected chi connectivity index (χ4v) is 7.99. The lowest BCUT2D eigenvalue weighted by molar-refractivity contribution is -0.145. The number of nitrogens with one attached hydrogen (secondary N) is 1. The van der Waals surface area contributed by atoms with Gasteiger partial charge in [0.2, 0.25) is 0 Å². The van der Waals surface area contributed by atoms with Crippen LogP contribution >= 0.6 is 19.4 Å². The maximum atomic E-state index is 14.4. The molecule has 2 aliphatic heterocycles. The first-order valence-electron chi connectivity index (χ1n) is 13.2. The van der Waals surface area contributed by atoms with Crippen LogP contribution in [-0.2, 0) is 23.4 Å². The van der Waals surface area contributed by atoms with E-state index in [1.807, 2.05) is 0 Å². The number of anilines is 1. The summed E-state index contributed by atoms with van der Waals surface area (Å²) in [5.41, 5.74) is 4.30. The largest absolute Gasteiger partial charge is 0.465 e. The number of piperidine rings is 1. The van der Waals surface area contributed by atoms with Gasteiger partial charge in [-0.15, -0.1) is 11.8 Å². The molecule has 0 amide bonds. The number of nitrogens with two attached hydrogens (primary N) is 1. The van der Waals surface area contributed by atoms with Crippen LogP contribution in [0.4, 0.5) is 19.0 Å². The molecule has 4 atom stereocenters. The molecule has 226 valence electrons. The van der Waals surface area contributed by atoms with Crippen molar-refractivity contribution in [3.63, 3.8) is 0 Å². The molecule has 0 spiro atoms. The molecule has 41 heavy (non-hydrogen) atoms. The Labute approximate surface area is 239 Å². The molecule has 0 radical (unpaired) electrons. The van der Waals surface area contributed by atoms with Crippen LogP contribution in [0.1, 0.15) is 50.8 Å². The Bertz CT molecular complexity index is 1350. The number of esters is 1. The second kappa shape index (κ2) is 13.7. The third-order valence-corrected chi connectivity index (χ3v) is 10.3. The molecule has 1 unspecified atom stereocenters. The van der Waals surface area contributed by atoms with Crippen molar-refractivity contribution in [1.29, 1.82) is 0 Å². The summed E-state index contributed by atoms with van der Waals surface area (Å²) in [6.45, 7) is 3.86. The van der Waals surface area contributed by atoms with E-state index in [2.05, 4.69) is 10.1 Å². The molecule has 4 rings (SSSR count). The number of nitrogen functional groups attached to an aromatic ring is 1. The number of hydrogen-bond acceptors (Lipinski definition) is 9. The molecule has 3 N–H and O–H groups in total. The van der Waals surface area contributed by atoms with Gasteiger partial charge in [0.25, 0.3) is 0 Å². The van der Waals surface area contributed by atoms with Gasteiger partial charge < -0.3 is 19.7 Å². The average Bonchev–Trinajstić information content (AvgIpc) is 3.42. The summed E-state index contributed by atoms with van der Waals surface area (Å²) in [7, 11) is -3.87. The SMILES string of the molecule is CCOC(=O)[C@H](CC)NP(=O)(OC[C@@H]1O[C@H](n2cc(F)c(N)nc2=O)CS1)N1CCC(c2ccc(F)cc2F)CC1. The van der Waals surface area contributed by atoms with Crippen LogP contribution in [0, 0.1) is 17.5 Å². The van der Waals surface area contributed by atoms with E-state index in [4.69, 9.17) is 19.7 Å². The first-order valence-corrected chi connectivity index (χ1v) is 15.9. The number of ether oxygens (including phenoxy) is 2. The van der Waals surface area contributed by atoms with Gasteiger partial charge in [-0.2, -0.15) is 4.98 Å². The van der Waals surface area contributed by atoms with E-state index in [9.17, 15) is 27.3 Å². The van der Waals surface area contributed by atoms with Crippen molar-refractivity contribution >= 4 is 31.2 Å². The molecule has 0 saturated carbocycles. The Kier molecular flexibility index (Phi) is 10.5. The van der Waals surface area contributed by atoms with Crippen molar-refractivity contribution in [3.8, 4) is 0 Å². The lowest BCUT2D eigenvalue weighted by atomic mass is 9.90. The number of benzene rings is 1. The Balaban J connectivity index is 1.46. The Morgan fingerprint density at radius 2 is 2.00 bits per heavy atom. The van der Waals surface area contributed by atoms with Gasteiger partial charge in [-0.3, -0.25) is 13.9 Å². The van der Waals surface area contributed by atoms with Crippen molar-refractivity contribution < 1.29 is 36.5 Å². The van der Waals surface area contributed by atoms with Crippen LogP contribution in [0.3, 0.4) is 0 Å². The highest BCUT2D eigenvalue weighted by atomic mass is 32.2. The van der Waals surface area contributed by atoms with Crippen LogP contribution in [0.25, 0.3) is 0 Å². The fourth-order valence-electron chi connectivity index (χ4n) is 4.73. The number of rotatable bonds is 11. The molecular weight excluding hydrogens is 586 g/mol. The number of aromatic nitrogens is 2. The van der Waals surface area contributed by atoms with E-state index in [-0.39, 0.29) is 44.4 Å². The minimum absolute atomic E-state index is 0.144. The van der Waals surface area contributed by atoms with Gasteiger partial charge >= 0.3 is 19.3 Å². The minimum Gasteiger partial charge on any atom is -0.465 e. The summed E-state index contributed by atoms with van der Waals surface area (Å²) in [5.74, 6) is -3.19. The van der Waals surface area contributed by atoms with Crippen LogP contribution < -0.4 is 16.5 Å². The van der Waals surface area contributed by atoms with E-state index in [1.165, 1.54) is 23.9 Å². The molecule has 3 heterocycles. The minimum atomic E-state index is -3.87. The standard InChI is InChI=1S/C25H33F3N5O6PS/c1-3-20(24(34)37-4-2)31-40(36,32-9-7-15(8-10-32)17-6-5-16(26)11-18(17)27)38-13-22-39-21(14-41-22)33-12-19(28)23(29)30-25(33)35/h5-6,11-12,15,20-22H,3-4,7-10,13-14H2,1-2H3,(H,31,36)(H2,29,30,35)/t20-,21-,22+,40?/m0/s1. The van der Waals surface area contributed by atoms with E-state index < -0.39 is 60.3 Å². The van der Waals surface area contributed by atoms with Crippen LogP contribution in [-0.4, -0.2) is 63.7 Å². The van der Waals surface area contributed by atoms with E-state index in [0.29, 0.717) is 18.4 Å². The molecule has 2 aliphatic rings. The van der Waals surface area contributed by atoms with Crippen LogP contribution in [0.15, 0.2) is 29.2 Å². The molecule has 1 aromatic heterocycles. The van der Waals surface area contributed by atoms with Crippen molar-refractivity contribution in [1.82, 2.24) is 19.3 Å². The van der Waals surface area contributed by atoms with Crippen molar-refractivity contribution in [2.75, 3.05) is 37.8 Å². The normalized spacial score (nSPS) is 22.4. The van der Waals surface area contributed by atoms with Gasteiger partial charge in [0.15, 0.2) is 11.6 Å². The fraction of sp³-hybridized carbons (Fsp3) is 0.560. The highest BCUT2D eigenvalue weighted by molar-refractivity contribution is 8.00. The molecule has 2 saturated heterocycles. The molecule has 11 nitrogen and oxygen atoms in total. The van der Waals surface area contributed by atoms with E-state index >= 15 is 0 Å². The highest BCUT2D eigenvalue weighted by Crippen LogP contribution is 2.51. The van der Waals surface area contributed by atoms with Crippen molar-refractivity contribution in [2.45, 2.75) is 56.7 Å². The molecule has 1 aromatic carbocycles. The van der Waals surface area contributed by atoms with Crippen LogP contribution in [0.2, 0.25) is 0 Å². The molecule has 0 bridgehead atoms. The van der Waals surface area contributed by atoms with Gasteiger partial charge in [-0.1, -0.05) is 13.0 Å². The van der Waals surface area contributed by atoms with Crippen LogP contribution in [0.5, 0.6) is 0 Å². The number of thioether (sulfide) groups is 1. The molecule has 16 heteroatoms. The van der Waals surface area contributed by atoms with E-state index in [0.717, 1.165) is 16.8 Å². The van der Waals surface area contributed by atoms with Crippen molar-refractivity contribution in [2.24, 2.45) is 0 Å². The predicted molar refractivity (Wildman–Crippen MR) is 147 cm³/mol. The first-order chi connectivity index (χ1) is 19.5. The number of carbonyl (C=O) groups excluding carboxylic acids is 1. The second-order valence-corrected chi connectivity index (χ2v) is 12.9. The summed E-state index contributed by atoms with van der Waals surface area (Å²) in [6.07, 6.45) is 1.19. The number of carbonyl (C=O) groups is 1. The number of nitrogens with zero attached hydrogens (tertiary/aromatic N) is 3. The summed E-state index contributed by atoms with van der Waals surface area (Å²) in [4.78, 5) is 28.2. The Hall–Kier alpha value is -2.42. The zero-order valence-corrected chi connectivity index (χ0v) is 24.3. The number of hydrogen-bond donors (Lipinski definition) is 2. The average molecular weight is 620 g/mol. The summed E-state index contributed by atoms with van der Waals surface area (Å²) in [5, 5.41) is 2.87. The van der Waals surface area contributed by atoms with Crippen molar-refractivity contribution in [3.05, 3.63) is 57.9 Å². The van der Waals surface area contributed by atoms with E-state index in [1.54, 1.807) is 18.5 Å². The molecule has 0 aliphatic carbocycles. The number of halogens is 3. The molecular formula is C25H33F3N5O6PS. The smallest absolute Gasteiger partial charge is 0.351 e. The molecule has 2 fully saturated rings. The quantitative estimate of drug-likeness (QED) is 0.281. The topological polar surface area (TPSA) is 138 Å². The monoisotopic (exact) mass is 619 g/mol. The Morgan fingerprint density at radius 1 is 1.27 bits per heavy atom. The summed E-state index contributed by atoms with van der Waals surface area (Å²) >= 11 is 1.27. The Morgan fingerprint density at radius 3 is 2.66 bits per heavy atom. The molecule has 2 aromatic rings. The summed E-state index contributed by atoms with van der Waals surface area (Å²) in [6, 6.07) is 2.56. The maximum Gasteiger partial charge on any atom is 0.351 e. The van der Waals surface area contributed by atoms with Gasteiger partial charge in [0, 0.05) is 24.9 Å². The third kappa shape index (κ3) is 7.51. The highest BCUT2D eigenvalue weighted by Gasteiger charge is 2.41. The summed E-state index contributed by atoms with van der Waals surface area (Å²) < 4.78 is 75.5. The first kappa shape index (κ1) is 31.5.